The van der Waals surface area contributed by atoms with Crippen molar-refractivity contribution in [1.29, 1.82) is 0 Å². The highest BCUT2D eigenvalue weighted by Crippen LogP contribution is 2.34. The van der Waals surface area contributed by atoms with Gasteiger partial charge in [-0.25, -0.2) is 19.7 Å². The van der Waals surface area contributed by atoms with Gasteiger partial charge in [-0.05, 0) is 26.0 Å². The second-order valence-corrected chi connectivity index (χ2v) is 6.35. The molecule has 1 aromatic carbocycles. The number of guanidine groups is 1. The molecule has 0 aliphatic carbocycles. The van der Waals surface area contributed by atoms with Gasteiger partial charge in [-0.2, -0.15) is 4.99 Å². The van der Waals surface area contributed by atoms with Crippen LogP contribution in [-0.4, -0.2) is 46.9 Å². The lowest BCUT2D eigenvalue weighted by Gasteiger charge is -2.18. The Balaban J connectivity index is 2.17. The molecule has 1 aromatic heterocycles. The van der Waals surface area contributed by atoms with E-state index >= 15 is 0 Å². The van der Waals surface area contributed by atoms with E-state index < -0.39 is 16.8 Å². The van der Waals surface area contributed by atoms with E-state index in [-0.39, 0.29) is 34.7 Å². The van der Waals surface area contributed by atoms with Crippen LogP contribution in [0, 0.1) is 24.0 Å². The molecule has 1 saturated heterocycles. The van der Waals surface area contributed by atoms with Crippen LogP contribution in [0.2, 0.25) is 0 Å². The first-order chi connectivity index (χ1) is 14.7. The maximum atomic E-state index is 13.1. The minimum Gasteiger partial charge on any atom is -0.494 e. The van der Waals surface area contributed by atoms with Crippen LogP contribution in [0.3, 0.4) is 0 Å². The fourth-order valence-electron chi connectivity index (χ4n) is 2.84. The molecule has 0 spiro atoms. The number of aromatic nitrogens is 2. The van der Waals surface area contributed by atoms with Crippen molar-refractivity contribution in [2.75, 3.05) is 19.1 Å². The maximum Gasteiger partial charge on any atom is 0.332 e. The second kappa shape index (κ2) is 8.57. The van der Waals surface area contributed by atoms with Gasteiger partial charge in [0.1, 0.15) is 11.4 Å². The lowest BCUT2D eigenvalue weighted by atomic mass is 10.2. The van der Waals surface area contributed by atoms with Gasteiger partial charge in [-0.1, -0.05) is 0 Å². The van der Waals surface area contributed by atoms with Gasteiger partial charge in [0, 0.05) is 17.5 Å². The molecule has 31 heavy (non-hydrogen) atoms. The van der Waals surface area contributed by atoms with E-state index in [0.717, 1.165) is 11.0 Å². The summed E-state index contributed by atoms with van der Waals surface area (Å²) in [5.74, 6) is -1.29. The normalized spacial score (nSPS) is 15.9. The molecule has 12 nitrogen and oxygen atoms in total. The van der Waals surface area contributed by atoms with Crippen LogP contribution < -0.4 is 15.0 Å². The molecule has 160 valence electrons. The first kappa shape index (κ1) is 21.4. The van der Waals surface area contributed by atoms with Crippen molar-refractivity contribution in [3.63, 3.8) is 0 Å². The number of ether oxygens (including phenoxy) is 2. The Morgan fingerprint density at radius 3 is 2.48 bits per heavy atom. The highest BCUT2D eigenvalue weighted by atomic mass is 16.6. The number of nitrogens with one attached hydrogen (secondary N) is 1. The Hall–Kier alpha value is -4.35. The zero-order valence-corrected chi connectivity index (χ0v) is 17.1. The van der Waals surface area contributed by atoms with Gasteiger partial charge < -0.3 is 14.8 Å². The van der Waals surface area contributed by atoms with Crippen molar-refractivity contribution in [3.8, 4) is 5.75 Å². The summed E-state index contributed by atoms with van der Waals surface area (Å²) in [5.41, 5.74) is 1.17. The SMILES string of the molecule is COC(=O)/C=C1/N/C(=N\c2nc(C)cc(C)n2)N(c2ccc([N+](=O)[O-])cc2OC)C1=O. The van der Waals surface area contributed by atoms with Gasteiger partial charge in [0.2, 0.25) is 5.96 Å². The molecule has 0 atom stereocenters. The van der Waals surface area contributed by atoms with E-state index in [0.29, 0.717) is 11.4 Å². The van der Waals surface area contributed by atoms with Gasteiger partial charge in [0.25, 0.3) is 17.5 Å². The van der Waals surface area contributed by atoms with Gasteiger partial charge in [-0.3, -0.25) is 14.9 Å². The molecular weight excluding hydrogens is 408 g/mol. The summed E-state index contributed by atoms with van der Waals surface area (Å²) in [5, 5.41) is 13.8. The third-order valence-electron chi connectivity index (χ3n) is 4.15. The summed E-state index contributed by atoms with van der Waals surface area (Å²) < 4.78 is 9.83. The third-order valence-corrected chi connectivity index (χ3v) is 4.15. The molecule has 2 heterocycles. The summed E-state index contributed by atoms with van der Waals surface area (Å²) in [6.45, 7) is 3.54. The Morgan fingerprint density at radius 2 is 1.90 bits per heavy atom. The number of esters is 1. The van der Waals surface area contributed by atoms with E-state index in [2.05, 4.69) is 25.0 Å². The number of hydrogen-bond acceptors (Lipinski definition) is 9. The van der Waals surface area contributed by atoms with Crippen molar-refractivity contribution in [1.82, 2.24) is 15.3 Å². The molecular formula is C19H18N6O6. The predicted octanol–water partition coefficient (Wildman–Crippen LogP) is 1.69. The van der Waals surface area contributed by atoms with Crippen LogP contribution in [0.4, 0.5) is 17.3 Å². The number of benzene rings is 1. The minimum absolute atomic E-state index is 0.0164. The molecule has 1 aliphatic heterocycles. The molecule has 0 radical (unpaired) electrons. The minimum atomic E-state index is -0.754. The summed E-state index contributed by atoms with van der Waals surface area (Å²) in [4.78, 5) is 49.1. The summed E-state index contributed by atoms with van der Waals surface area (Å²) >= 11 is 0. The largest absolute Gasteiger partial charge is 0.494 e. The molecule has 1 aliphatic rings. The second-order valence-electron chi connectivity index (χ2n) is 6.35. The number of methoxy groups -OCH3 is 2. The zero-order chi connectivity index (χ0) is 22.7. The van der Waals surface area contributed by atoms with Gasteiger partial charge in [-0.15, -0.1) is 0 Å². The molecule has 12 heteroatoms. The van der Waals surface area contributed by atoms with Crippen molar-refractivity contribution in [3.05, 3.63) is 57.5 Å². The van der Waals surface area contributed by atoms with Crippen LogP contribution in [0.5, 0.6) is 5.75 Å². The maximum absolute atomic E-state index is 13.1. The number of carbonyl (C=O) groups is 2. The Labute approximate surface area is 176 Å². The van der Waals surface area contributed by atoms with Gasteiger partial charge >= 0.3 is 5.97 Å². The summed E-state index contributed by atoms with van der Waals surface area (Å²) in [6.07, 6.45) is 0.970. The fraction of sp³-hybridized carbons (Fsp3) is 0.211. The number of carbonyl (C=O) groups excluding carboxylic acids is 2. The van der Waals surface area contributed by atoms with E-state index in [9.17, 15) is 19.7 Å². The lowest BCUT2D eigenvalue weighted by Crippen LogP contribution is -2.32. The number of rotatable bonds is 5. The number of hydrogen-bond donors (Lipinski definition) is 1. The van der Waals surface area contributed by atoms with Crippen molar-refractivity contribution in [2.45, 2.75) is 13.8 Å². The van der Waals surface area contributed by atoms with Crippen LogP contribution in [0.15, 0.2) is 41.0 Å². The smallest absolute Gasteiger partial charge is 0.332 e. The number of nitro benzene ring substituents is 1. The quantitative estimate of drug-likeness (QED) is 0.326. The first-order valence-corrected chi connectivity index (χ1v) is 8.88. The number of amides is 1. The van der Waals surface area contributed by atoms with E-state index in [1.54, 1.807) is 19.9 Å². The third kappa shape index (κ3) is 4.47. The number of aryl methyl sites for hydroxylation is 2. The average molecular weight is 426 g/mol. The number of nitrogens with zero attached hydrogens (tertiary/aromatic N) is 5. The molecule has 1 fully saturated rings. The molecule has 1 N–H and O–H groups in total. The topological polar surface area (TPSA) is 149 Å². The number of nitro groups is 1. The van der Waals surface area contributed by atoms with Crippen molar-refractivity contribution >= 4 is 35.2 Å². The van der Waals surface area contributed by atoms with Gasteiger partial charge in [0.15, 0.2) is 0 Å². The highest BCUT2D eigenvalue weighted by Gasteiger charge is 2.36. The van der Waals surface area contributed by atoms with Crippen LogP contribution in [0.25, 0.3) is 0 Å². The monoisotopic (exact) mass is 426 g/mol. The van der Waals surface area contributed by atoms with Crippen LogP contribution in [0.1, 0.15) is 11.4 Å². The number of non-ortho nitro benzene ring substituents is 1. The number of anilines is 1. The van der Waals surface area contributed by atoms with Gasteiger partial charge in [0.05, 0.1) is 37.0 Å². The van der Waals surface area contributed by atoms with Crippen LogP contribution in [-0.2, 0) is 14.3 Å². The molecule has 3 rings (SSSR count). The Morgan fingerprint density at radius 1 is 1.23 bits per heavy atom. The van der Waals surface area contributed by atoms with Crippen molar-refractivity contribution in [2.24, 2.45) is 4.99 Å². The summed E-state index contributed by atoms with van der Waals surface area (Å²) in [7, 11) is 2.49. The molecule has 0 bridgehead atoms. The zero-order valence-electron chi connectivity index (χ0n) is 17.1. The molecule has 0 unspecified atom stereocenters. The van der Waals surface area contributed by atoms with E-state index in [4.69, 9.17) is 4.74 Å². The predicted molar refractivity (Wildman–Crippen MR) is 109 cm³/mol. The Bertz CT molecular complexity index is 1120. The number of aliphatic imine (C=N–C) groups is 1. The highest BCUT2D eigenvalue weighted by molar-refractivity contribution is 6.30. The Kier molecular flexibility index (Phi) is 5.90. The standard InChI is InChI=1S/C19H18N6O6/c1-10-7-11(2)21-18(20-10)23-19-22-13(9-16(26)31-4)17(27)24(19)14-6-5-12(25(28)29)8-15(14)30-3/h5-9H,1-4H3,(H,20,21,22,23)/b13-9+. The molecule has 2 aromatic rings. The average Bonchev–Trinajstić information content (AvgIpc) is 3.00. The van der Waals surface area contributed by atoms with E-state index in [1.165, 1.54) is 32.4 Å². The van der Waals surface area contributed by atoms with Crippen LogP contribution >= 0.6 is 0 Å². The lowest BCUT2D eigenvalue weighted by molar-refractivity contribution is -0.384. The fourth-order valence-corrected chi connectivity index (χ4v) is 2.84. The molecule has 1 amide bonds. The summed E-state index contributed by atoms with van der Waals surface area (Å²) in [6, 6.07) is 5.50. The first-order valence-electron chi connectivity index (χ1n) is 8.88. The van der Waals surface area contributed by atoms with Crippen molar-refractivity contribution < 1.29 is 24.0 Å². The molecule has 0 saturated carbocycles. The van der Waals surface area contributed by atoms with E-state index in [1.807, 2.05) is 0 Å².